The van der Waals surface area contributed by atoms with E-state index >= 15 is 0 Å². The van der Waals surface area contributed by atoms with E-state index in [1.54, 1.807) is 32.5 Å². The lowest BCUT2D eigenvalue weighted by molar-refractivity contribution is 0.0929. The molecule has 0 aliphatic heterocycles. The van der Waals surface area contributed by atoms with E-state index in [-0.39, 0.29) is 11.7 Å². The molecule has 0 bridgehead atoms. The van der Waals surface area contributed by atoms with Gasteiger partial charge in [-0.15, -0.1) is 0 Å². The molecule has 0 saturated heterocycles. The number of rotatable bonds is 3. The largest absolute Gasteiger partial charge is 0.409 e. The lowest BCUT2D eigenvalue weighted by atomic mass is 10.0. The van der Waals surface area contributed by atoms with Crippen LogP contribution in [0.4, 0.5) is 0 Å². The van der Waals surface area contributed by atoms with Crippen molar-refractivity contribution in [1.82, 2.24) is 15.1 Å². The summed E-state index contributed by atoms with van der Waals surface area (Å²) in [5.41, 5.74) is 6.51. The van der Waals surface area contributed by atoms with Crippen LogP contribution in [0.1, 0.15) is 35.6 Å². The van der Waals surface area contributed by atoms with Crippen LogP contribution in [0.5, 0.6) is 0 Å². The molecule has 18 heavy (non-hydrogen) atoms. The number of amides is 1. The minimum atomic E-state index is -0.930. The van der Waals surface area contributed by atoms with Gasteiger partial charge >= 0.3 is 0 Å². The fourth-order valence-corrected chi connectivity index (χ4v) is 1.64. The molecule has 0 aliphatic carbocycles. The van der Waals surface area contributed by atoms with Crippen LogP contribution < -0.4 is 11.1 Å². The molecule has 7 nitrogen and oxygen atoms in total. The molecule has 7 heteroatoms. The zero-order valence-corrected chi connectivity index (χ0v) is 11.3. The van der Waals surface area contributed by atoms with Gasteiger partial charge in [0, 0.05) is 12.7 Å². The lowest BCUT2D eigenvalue weighted by Gasteiger charge is -2.24. The SMILES string of the molecule is Cc1nn(C)c(C)c1C(=O)NC(C)(C)/C(N)=N/O. The van der Waals surface area contributed by atoms with Gasteiger partial charge in [-0.3, -0.25) is 9.48 Å². The van der Waals surface area contributed by atoms with Crippen molar-refractivity contribution in [2.45, 2.75) is 33.2 Å². The molecule has 4 N–H and O–H groups in total. The number of nitrogens with one attached hydrogen (secondary N) is 1. The zero-order chi connectivity index (χ0) is 14.1. The van der Waals surface area contributed by atoms with Gasteiger partial charge in [-0.25, -0.2) is 0 Å². The second-order valence-electron chi connectivity index (χ2n) is 4.73. The molecule has 0 unspecified atom stereocenters. The minimum Gasteiger partial charge on any atom is -0.409 e. The number of nitrogens with two attached hydrogens (primary N) is 1. The molecule has 0 spiro atoms. The first-order valence-corrected chi connectivity index (χ1v) is 5.51. The standard InChI is InChI=1S/C11H19N5O2/c1-6-8(7(2)16(5)14-6)9(17)13-11(3,4)10(12)15-18/h18H,1-5H3,(H2,12,15)(H,13,17). The second-order valence-corrected chi connectivity index (χ2v) is 4.73. The third-order valence-corrected chi connectivity index (χ3v) is 2.91. The molecule has 100 valence electrons. The van der Waals surface area contributed by atoms with E-state index in [1.807, 2.05) is 6.92 Å². The first-order chi connectivity index (χ1) is 8.20. The van der Waals surface area contributed by atoms with E-state index in [0.29, 0.717) is 11.3 Å². The minimum absolute atomic E-state index is 0.0601. The highest BCUT2D eigenvalue weighted by molar-refractivity contribution is 6.01. The quantitative estimate of drug-likeness (QED) is 0.311. The van der Waals surface area contributed by atoms with Gasteiger partial charge in [-0.2, -0.15) is 5.10 Å². The molecular weight excluding hydrogens is 234 g/mol. The summed E-state index contributed by atoms with van der Waals surface area (Å²) in [5, 5.41) is 18.5. The van der Waals surface area contributed by atoms with Crippen LogP contribution in [0.15, 0.2) is 5.16 Å². The number of oxime groups is 1. The highest BCUT2D eigenvalue weighted by Gasteiger charge is 2.28. The Morgan fingerprint density at radius 3 is 2.44 bits per heavy atom. The number of hydrogen-bond acceptors (Lipinski definition) is 4. The van der Waals surface area contributed by atoms with Crippen LogP contribution in [0, 0.1) is 13.8 Å². The Bertz CT molecular complexity index is 502. The van der Waals surface area contributed by atoms with Gasteiger partial charge in [-0.05, 0) is 27.7 Å². The van der Waals surface area contributed by atoms with Crippen molar-refractivity contribution >= 4 is 11.7 Å². The summed E-state index contributed by atoms with van der Waals surface area (Å²) in [6.07, 6.45) is 0. The molecule has 0 aromatic carbocycles. The Labute approximate surface area is 106 Å². The molecule has 1 heterocycles. The van der Waals surface area contributed by atoms with Crippen LogP contribution in [0.25, 0.3) is 0 Å². The van der Waals surface area contributed by atoms with E-state index in [1.165, 1.54) is 0 Å². The molecule has 1 rings (SSSR count). The van der Waals surface area contributed by atoms with E-state index in [0.717, 1.165) is 5.69 Å². The number of amidine groups is 1. The fourth-order valence-electron chi connectivity index (χ4n) is 1.64. The van der Waals surface area contributed by atoms with Gasteiger partial charge in [0.15, 0.2) is 5.84 Å². The molecule has 1 amide bonds. The number of carbonyl (C=O) groups is 1. The number of aryl methyl sites for hydroxylation is 2. The normalized spacial score (nSPS) is 12.6. The first-order valence-electron chi connectivity index (χ1n) is 5.51. The first kappa shape index (κ1) is 14.0. The van der Waals surface area contributed by atoms with Gasteiger partial charge in [0.05, 0.1) is 16.8 Å². The van der Waals surface area contributed by atoms with Crippen LogP contribution in [-0.2, 0) is 7.05 Å². The number of carbonyl (C=O) groups excluding carboxylic acids is 1. The summed E-state index contributed by atoms with van der Waals surface area (Å²) in [7, 11) is 1.77. The predicted molar refractivity (Wildman–Crippen MR) is 67.6 cm³/mol. The van der Waals surface area contributed by atoms with Gasteiger partial charge in [0.25, 0.3) is 5.91 Å². The van der Waals surface area contributed by atoms with Gasteiger partial charge in [0.2, 0.25) is 0 Å². The molecular formula is C11H19N5O2. The van der Waals surface area contributed by atoms with Crippen LogP contribution >= 0.6 is 0 Å². The molecule has 0 saturated carbocycles. The monoisotopic (exact) mass is 253 g/mol. The van der Waals surface area contributed by atoms with Gasteiger partial charge in [-0.1, -0.05) is 5.16 Å². The number of aromatic nitrogens is 2. The Hall–Kier alpha value is -2.05. The Morgan fingerprint density at radius 1 is 1.50 bits per heavy atom. The van der Waals surface area contributed by atoms with Crippen molar-refractivity contribution in [1.29, 1.82) is 0 Å². The maximum absolute atomic E-state index is 12.2. The van der Waals surface area contributed by atoms with E-state index in [9.17, 15) is 4.79 Å². The highest BCUT2D eigenvalue weighted by Crippen LogP contribution is 2.13. The fraction of sp³-hybridized carbons (Fsp3) is 0.545. The summed E-state index contributed by atoms with van der Waals surface area (Å²) < 4.78 is 1.64. The second kappa shape index (κ2) is 4.67. The van der Waals surface area contributed by atoms with Crippen LogP contribution in [-0.4, -0.2) is 32.3 Å². The van der Waals surface area contributed by atoms with Crippen LogP contribution in [0.3, 0.4) is 0 Å². The maximum Gasteiger partial charge on any atom is 0.255 e. The zero-order valence-electron chi connectivity index (χ0n) is 11.3. The molecule has 0 aliphatic rings. The molecule has 1 aromatic heterocycles. The highest BCUT2D eigenvalue weighted by atomic mass is 16.4. The van der Waals surface area contributed by atoms with E-state index in [4.69, 9.17) is 10.9 Å². The summed E-state index contributed by atoms with van der Waals surface area (Å²) in [5.74, 6) is -0.357. The topological polar surface area (TPSA) is 106 Å². The summed E-state index contributed by atoms with van der Waals surface area (Å²) in [4.78, 5) is 12.2. The maximum atomic E-state index is 12.2. The van der Waals surface area contributed by atoms with Gasteiger partial charge < -0.3 is 16.3 Å². The summed E-state index contributed by atoms with van der Waals surface area (Å²) in [6, 6.07) is 0. The number of hydrogen-bond donors (Lipinski definition) is 3. The average Bonchev–Trinajstić information content (AvgIpc) is 2.51. The molecule has 1 aromatic rings. The average molecular weight is 253 g/mol. The van der Waals surface area contributed by atoms with Crippen molar-refractivity contribution in [3.8, 4) is 0 Å². The van der Waals surface area contributed by atoms with Crippen molar-refractivity contribution < 1.29 is 10.0 Å². The summed E-state index contributed by atoms with van der Waals surface area (Å²) in [6.45, 7) is 6.88. The van der Waals surface area contributed by atoms with E-state index in [2.05, 4.69) is 15.6 Å². The third kappa shape index (κ3) is 2.44. The molecule has 0 atom stereocenters. The smallest absolute Gasteiger partial charge is 0.255 e. The van der Waals surface area contributed by atoms with Crippen molar-refractivity contribution in [3.05, 3.63) is 17.0 Å². The lowest BCUT2D eigenvalue weighted by Crippen LogP contribution is -2.53. The molecule has 0 radical (unpaired) electrons. The Kier molecular flexibility index (Phi) is 3.64. The third-order valence-electron chi connectivity index (χ3n) is 2.91. The van der Waals surface area contributed by atoms with Crippen molar-refractivity contribution in [2.75, 3.05) is 0 Å². The van der Waals surface area contributed by atoms with Gasteiger partial charge in [0.1, 0.15) is 0 Å². The Morgan fingerprint density at radius 2 is 2.06 bits per heavy atom. The van der Waals surface area contributed by atoms with E-state index < -0.39 is 5.54 Å². The molecule has 0 fully saturated rings. The van der Waals surface area contributed by atoms with Crippen molar-refractivity contribution in [3.63, 3.8) is 0 Å². The predicted octanol–water partition coefficient (Wildman–Crippen LogP) is 0.292. The van der Waals surface area contributed by atoms with Crippen LogP contribution in [0.2, 0.25) is 0 Å². The van der Waals surface area contributed by atoms with Crippen molar-refractivity contribution in [2.24, 2.45) is 17.9 Å². The summed E-state index contributed by atoms with van der Waals surface area (Å²) >= 11 is 0. The Balaban J connectivity index is 3.03. The number of nitrogens with zero attached hydrogens (tertiary/aromatic N) is 3.